The van der Waals surface area contributed by atoms with E-state index in [1.807, 2.05) is 0 Å². The van der Waals surface area contributed by atoms with E-state index in [-0.39, 0.29) is 24.1 Å². The largest absolute Gasteiger partial charge is 0.506 e. The Kier molecular flexibility index (Phi) is 6.85. The van der Waals surface area contributed by atoms with Crippen molar-refractivity contribution in [3.05, 3.63) is 69.6 Å². The Morgan fingerprint density at radius 1 is 1.18 bits per heavy atom. The van der Waals surface area contributed by atoms with Crippen molar-refractivity contribution in [1.82, 2.24) is 15.0 Å². The van der Waals surface area contributed by atoms with E-state index in [2.05, 4.69) is 15.0 Å². The molecule has 0 fully saturated rings. The zero-order chi connectivity index (χ0) is 24.2. The van der Waals surface area contributed by atoms with E-state index in [4.69, 9.17) is 4.84 Å². The monoisotopic (exact) mass is 465 g/mol. The molecule has 0 aliphatic rings. The van der Waals surface area contributed by atoms with Gasteiger partial charge < -0.3 is 20.0 Å². The number of esters is 1. The molecule has 0 bridgehead atoms. The van der Waals surface area contributed by atoms with E-state index in [0.717, 1.165) is 19.2 Å². The highest BCUT2D eigenvalue weighted by atomic mass is 19.4. The van der Waals surface area contributed by atoms with Crippen molar-refractivity contribution < 1.29 is 37.4 Å². The third-order valence-corrected chi connectivity index (χ3v) is 4.61. The number of halogens is 3. The molecule has 2 N–H and O–H groups in total. The molecule has 0 saturated carbocycles. The summed E-state index contributed by atoms with van der Waals surface area (Å²) in [6.45, 7) is -0.682. The number of hydrogen-bond donors (Lipinski definition) is 2. The average Bonchev–Trinajstić information content (AvgIpc) is 2.79. The average molecular weight is 465 g/mol. The highest BCUT2D eigenvalue weighted by Crippen LogP contribution is 2.29. The Labute approximate surface area is 184 Å². The number of methoxy groups -OCH3 is 1. The first-order valence-corrected chi connectivity index (χ1v) is 9.50. The zero-order valence-corrected chi connectivity index (χ0v) is 17.2. The topological polar surface area (TPSA) is 120 Å². The number of aromatic hydroxyl groups is 1. The van der Waals surface area contributed by atoms with Gasteiger partial charge in [0.2, 0.25) is 0 Å². The molecular formula is C21H18F3N3O6. The van der Waals surface area contributed by atoms with Gasteiger partial charge in [-0.2, -0.15) is 13.2 Å². The van der Waals surface area contributed by atoms with E-state index >= 15 is 0 Å². The van der Waals surface area contributed by atoms with Crippen molar-refractivity contribution in [2.75, 3.05) is 20.3 Å². The molecule has 0 atom stereocenters. The Hall–Kier alpha value is -4.09. The number of nitrogens with one attached hydrogen (secondary N) is 1. The molecule has 33 heavy (non-hydrogen) atoms. The third kappa shape index (κ3) is 5.22. The maximum Gasteiger partial charge on any atom is 0.416 e. The van der Waals surface area contributed by atoms with Crippen LogP contribution in [-0.2, 0) is 22.1 Å². The van der Waals surface area contributed by atoms with Gasteiger partial charge in [-0.3, -0.25) is 14.4 Å². The van der Waals surface area contributed by atoms with E-state index in [9.17, 15) is 32.7 Å². The zero-order valence-electron chi connectivity index (χ0n) is 17.2. The number of benzene rings is 1. The van der Waals surface area contributed by atoms with E-state index < -0.39 is 47.0 Å². The van der Waals surface area contributed by atoms with Gasteiger partial charge in [0, 0.05) is 12.6 Å². The van der Waals surface area contributed by atoms with Crippen molar-refractivity contribution >= 4 is 22.9 Å². The second-order valence-electron chi connectivity index (χ2n) is 6.73. The number of carbonyl (C=O) groups is 2. The quantitative estimate of drug-likeness (QED) is 0.510. The van der Waals surface area contributed by atoms with Crippen molar-refractivity contribution in [2.24, 2.45) is 0 Å². The maximum atomic E-state index is 12.9. The maximum absolute atomic E-state index is 12.9. The first kappa shape index (κ1) is 23.6. The molecule has 1 amide bonds. The molecule has 0 aliphatic heterocycles. The molecule has 0 saturated heterocycles. The fourth-order valence-electron chi connectivity index (χ4n) is 2.93. The molecule has 12 heteroatoms. The van der Waals surface area contributed by atoms with Crippen LogP contribution >= 0.6 is 0 Å². The Morgan fingerprint density at radius 2 is 1.88 bits per heavy atom. The minimum absolute atomic E-state index is 0.0369. The second-order valence-corrected chi connectivity index (χ2v) is 6.73. The minimum Gasteiger partial charge on any atom is -0.506 e. The molecule has 0 aliphatic carbocycles. The molecule has 2 heterocycles. The Balaban J connectivity index is 1.86. The van der Waals surface area contributed by atoms with Crippen LogP contribution in [0.3, 0.4) is 0 Å². The van der Waals surface area contributed by atoms with Gasteiger partial charge in [-0.25, -0.2) is 4.98 Å². The van der Waals surface area contributed by atoms with Crippen LogP contribution in [-0.4, -0.2) is 47.0 Å². The summed E-state index contributed by atoms with van der Waals surface area (Å²) in [5.41, 5.74) is -2.05. The normalized spacial score (nSPS) is 11.3. The number of nitrogens with zero attached hydrogens (tertiary/aromatic N) is 2. The standard InChI is InChI=1S/C21H18F3N3O6/c1-32-15(28)11-26-19(30)16-17(29)14-3-2-9-25-18(14)27(20(16)31)33-10-8-12-4-6-13(7-5-12)21(22,23)24/h2-7,9,29H,8,10-11H2,1H3,(H,26,30). The second kappa shape index (κ2) is 9.59. The van der Waals surface area contributed by atoms with Crippen molar-refractivity contribution in [2.45, 2.75) is 12.6 Å². The molecule has 2 aromatic heterocycles. The number of amides is 1. The Morgan fingerprint density at radius 3 is 2.52 bits per heavy atom. The first-order chi connectivity index (χ1) is 15.6. The van der Waals surface area contributed by atoms with Crippen molar-refractivity contribution in [3.8, 4) is 5.75 Å². The van der Waals surface area contributed by atoms with Crippen LogP contribution in [0.2, 0.25) is 0 Å². The smallest absolute Gasteiger partial charge is 0.416 e. The van der Waals surface area contributed by atoms with Crippen LogP contribution < -0.4 is 15.7 Å². The number of rotatable bonds is 7. The summed E-state index contributed by atoms with van der Waals surface area (Å²) < 4.78 is 43.2. The summed E-state index contributed by atoms with van der Waals surface area (Å²) >= 11 is 0. The predicted octanol–water partition coefficient (Wildman–Crippen LogP) is 1.69. The summed E-state index contributed by atoms with van der Waals surface area (Å²) in [6, 6.07) is 7.31. The number of carbonyl (C=O) groups excluding carboxylic acids is 2. The fourth-order valence-corrected chi connectivity index (χ4v) is 2.93. The van der Waals surface area contributed by atoms with Crippen LogP contribution in [0.15, 0.2) is 47.4 Å². The molecule has 0 spiro atoms. The van der Waals surface area contributed by atoms with Crippen LogP contribution in [0.4, 0.5) is 13.2 Å². The van der Waals surface area contributed by atoms with Gasteiger partial charge in [0.1, 0.15) is 18.9 Å². The highest BCUT2D eigenvalue weighted by molar-refractivity contribution is 6.02. The van der Waals surface area contributed by atoms with Gasteiger partial charge in [-0.15, -0.1) is 4.73 Å². The first-order valence-electron chi connectivity index (χ1n) is 9.50. The van der Waals surface area contributed by atoms with Crippen molar-refractivity contribution in [3.63, 3.8) is 0 Å². The molecule has 174 valence electrons. The lowest BCUT2D eigenvalue weighted by atomic mass is 10.1. The SMILES string of the molecule is COC(=O)CNC(=O)c1c(O)c2cccnc2n(OCCc2ccc(C(F)(F)F)cc2)c1=O. The third-order valence-electron chi connectivity index (χ3n) is 4.61. The summed E-state index contributed by atoms with van der Waals surface area (Å²) in [6.07, 6.45) is -2.97. The lowest BCUT2D eigenvalue weighted by Crippen LogP contribution is -2.38. The number of aromatic nitrogens is 2. The molecule has 1 aromatic carbocycles. The lowest BCUT2D eigenvalue weighted by Gasteiger charge is -2.14. The molecule has 0 radical (unpaired) electrons. The number of hydrogen-bond acceptors (Lipinski definition) is 7. The summed E-state index contributed by atoms with van der Waals surface area (Å²) in [5, 5.41) is 12.7. The van der Waals surface area contributed by atoms with Crippen LogP contribution in [0.25, 0.3) is 11.0 Å². The predicted molar refractivity (Wildman–Crippen MR) is 109 cm³/mol. The van der Waals surface area contributed by atoms with E-state index in [1.54, 1.807) is 0 Å². The summed E-state index contributed by atoms with van der Waals surface area (Å²) in [7, 11) is 1.12. The fraction of sp³-hybridized carbons (Fsp3) is 0.238. The van der Waals surface area contributed by atoms with Crippen LogP contribution in [0.1, 0.15) is 21.5 Å². The van der Waals surface area contributed by atoms with Crippen LogP contribution in [0.5, 0.6) is 5.75 Å². The Bertz CT molecular complexity index is 1240. The van der Waals surface area contributed by atoms with Crippen molar-refractivity contribution in [1.29, 1.82) is 0 Å². The van der Waals surface area contributed by atoms with Gasteiger partial charge >= 0.3 is 17.7 Å². The van der Waals surface area contributed by atoms with Gasteiger partial charge in [-0.05, 0) is 29.8 Å². The molecule has 9 nitrogen and oxygen atoms in total. The van der Waals surface area contributed by atoms with E-state index in [1.165, 1.54) is 30.5 Å². The van der Waals surface area contributed by atoms with Gasteiger partial charge in [-0.1, -0.05) is 12.1 Å². The lowest BCUT2D eigenvalue weighted by molar-refractivity contribution is -0.139. The minimum atomic E-state index is -4.45. The summed E-state index contributed by atoms with van der Waals surface area (Å²) in [4.78, 5) is 46.1. The number of pyridine rings is 2. The van der Waals surface area contributed by atoms with Crippen LogP contribution in [0, 0.1) is 0 Å². The van der Waals surface area contributed by atoms with Gasteiger partial charge in [0.05, 0.1) is 18.1 Å². The number of ether oxygens (including phenoxy) is 1. The van der Waals surface area contributed by atoms with Gasteiger partial charge in [0.15, 0.2) is 11.2 Å². The van der Waals surface area contributed by atoms with Gasteiger partial charge in [0.25, 0.3) is 5.91 Å². The molecular weight excluding hydrogens is 447 g/mol. The molecule has 3 rings (SSSR count). The number of alkyl halides is 3. The molecule has 0 unspecified atom stereocenters. The summed E-state index contributed by atoms with van der Waals surface area (Å²) in [5.74, 6) is -2.44. The van der Waals surface area contributed by atoms with E-state index in [0.29, 0.717) is 10.3 Å². The molecule has 3 aromatic rings. The highest BCUT2D eigenvalue weighted by Gasteiger charge is 2.30. The number of fused-ring (bicyclic) bond motifs is 1.